The topological polar surface area (TPSA) is 41.6 Å². The molecule has 1 aliphatic carbocycles. The predicted molar refractivity (Wildman–Crippen MR) is 77.9 cm³/mol. The molecule has 1 amide bonds. The summed E-state index contributed by atoms with van der Waals surface area (Å²) in [5, 5.41) is 3.51. The van der Waals surface area contributed by atoms with Crippen molar-refractivity contribution in [2.75, 3.05) is 20.1 Å². The van der Waals surface area contributed by atoms with E-state index in [9.17, 15) is 4.79 Å². The molecule has 2 atom stereocenters. The fourth-order valence-electron chi connectivity index (χ4n) is 3.24. The van der Waals surface area contributed by atoms with E-state index in [4.69, 9.17) is 4.74 Å². The van der Waals surface area contributed by atoms with Crippen LogP contribution in [-0.4, -0.2) is 37.0 Å². The van der Waals surface area contributed by atoms with E-state index in [1.54, 1.807) is 4.90 Å². The number of hydrogen-bond donors (Lipinski definition) is 1. The fourth-order valence-corrected chi connectivity index (χ4v) is 3.24. The zero-order valence-corrected chi connectivity index (χ0v) is 12.2. The van der Waals surface area contributed by atoms with Crippen LogP contribution in [0.4, 0.5) is 0 Å². The molecular weight excluding hydrogens is 252 g/mol. The summed E-state index contributed by atoms with van der Waals surface area (Å²) in [4.78, 5) is 13.7. The van der Waals surface area contributed by atoms with Crippen molar-refractivity contribution in [1.82, 2.24) is 10.2 Å². The second-order valence-corrected chi connectivity index (χ2v) is 5.63. The molecule has 108 valence electrons. The number of ether oxygens (including phenoxy) is 1. The van der Waals surface area contributed by atoms with E-state index in [-0.39, 0.29) is 12.0 Å². The first-order valence-electron chi connectivity index (χ1n) is 7.47. The number of nitrogens with one attached hydrogen (secondary N) is 1. The number of amides is 1. The van der Waals surface area contributed by atoms with Gasteiger partial charge in [-0.25, -0.2) is 0 Å². The summed E-state index contributed by atoms with van der Waals surface area (Å²) < 4.78 is 6.01. The lowest BCUT2D eigenvalue weighted by molar-refractivity contribution is -0.132. The first-order valence-corrected chi connectivity index (χ1v) is 7.47. The highest BCUT2D eigenvalue weighted by molar-refractivity contribution is 5.83. The monoisotopic (exact) mass is 274 g/mol. The first kappa shape index (κ1) is 13.4. The highest BCUT2D eigenvalue weighted by atomic mass is 16.5. The largest absolute Gasteiger partial charge is 0.480 e. The standard InChI is InChI=1S/C16H22N2O2/c1-3-17-13-8-7-12-11(13)5-4-6-14(12)20-15-9-10-18(2)16(15)19/h4-6,13,15,17H,3,7-10H2,1-2H3. The van der Waals surface area contributed by atoms with Crippen LogP contribution in [0.25, 0.3) is 0 Å². The van der Waals surface area contributed by atoms with Gasteiger partial charge in [-0.1, -0.05) is 19.1 Å². The number of nitrogens with zero attached hydrogens (tertiary/aromatic N) is 1. The van der Waals surface area contributed by atoms with Crippen molar-refractivity contribution in [2.24, 2.45) is 0 Å². The number of likely N-dealkylation sites (N-methyl/N-ethyl adjacent to an activating group) is 1. The van der Waals surface area contributed by atoms with E-state index < -0.39 is 0 Å². The van der Waals surface area contributed by atoms with Crippen LogP contribution in [-0.2, 0) is 11.2 Å². The number of benzene rings is 1. The highest BCUT2D eigenvalue weighted by Crippen LogP contribution is 2.37. The molecule has 1 saturated heterocycles. The van der Waals surface area contributed by atoms with Gasteiger partial charge in [-0.15, -0.1) is 0 Å². The minimum absolute atomic E-state index is 0.101. The average molecular weight is 274 g/mol. The van der Waals surface area contributed by atoms with E-state index >= 15 is 0 Å². The van der Waals surface area contributed by atoms with Gasteiger partial charge in [-0.2, -0.15) is 0 Å². The summed E-state index contributed by atoms with van der Waals surface area (Å²) >= 11 is 0. The van der Waals surface area contributed by atoms with Crippen LogP contribution in [0, 0.1) is 0 Å². The van der Waals surface area contributed by atoms with Crippen molar-refractivity contribution >= 4 is 5.91 Å². The van der Waals surface area contributed by atoms with Crippen LogP contribution >= 0.6 is 0 Å². The Morgan fingerprint density at radius 1 is 1.40 bits per heavy atom. The molecule has 1 aliphatic heterocycles. The molecule has 2 unspecified atom stereocenters. The fraction of sp³-hybridized carbons (Fsp3) is 0.562. The van der Waals surface area contributed by atoms with E-state index in [0.717, 1.165) is 38.1 Å². The van der Waals surface area contributed by atoms with Gasteiger partial charge in [-0.05, 0) is 36.6 Å². The molecule has 0 aromatic heterocycles. The van der Waals surface area contributed by atoms with Crippen molar-refractivity contribution in [3.8, 4) is 5.75 Å². The SMILES string of the molecule is CCNC1CCc2c(OC3CCN(C)C3=O)cccc21. The summed E-state index contributed by atoms with van der Waals surface area (Å²) in [5.74, 6) is 1.00. The molecule has 1 N–H and O–H groups in total. The maximum absolute atomic E-state index is 12.0. The lowest BCUT2D eigenvalue weighted by Gasteiger charge is -2.17. The lowest BCUT2D eigenvalue weighted by atomic mass is 10.1. The molecule has 0 radical (unpaired) electrons. The predicted octanol–water partition coefficient (Wildman–Crippen LogP) is 1.89. The highest BCUT2D eigenvalue weighted by Gasteiger charge is 2.32. The normalized spacial score (nSPS) is 25.1. The Labute approximate surface area is 120 Å². The van der Waals surface area contributed by atoms with Gasteiger partial charge in [0.15, 0.2) is 6.10 Å². The molecule has 1 heterocycles. The van der Waals surface area contributed by atoms with Crippen LogP contribution in [0.3, 0.4) is 0 Å². The molecule has 0 spiro atoms. The molecule has 4 heteroatoms. The maximum atomic E-state index is 12.0. The Kier molecular flexibility index (Phi) is 3.66. The third-order valence-electron chi connectivity index (χ3n) is 4.33. The van der Waals surface area contributed by atoms with E-state index in [1.165, 1.54) is 11.1 Å². The molecule has 2 aliphatic rings. The van der Waals surface area contributed by atoms with Crippen molar-refractivity contribution in [3.63, 3.8) is 0 Å². The van der Waals surface area contributed by atoms with E-state index in [0.29, 0.717) is 6.04 Å². The quantitative estimate of drug-likeness (QED) is 0.911. The van der Waals surface area contributed by atoms with Gasteiger partial charge in [0.2, 0.25) is 0 Å². The van der Waals surface area contributed by atoms with Crippen molar-refractivity contribution in [2.45, 2.75) is 38.3 Å². The Bertz CT molecular complexity index is 515. The second-order valence-electron chi connectivity index (χ2n) is 5.63. The molecule has 4 nitrogen and oxygen atoms in total. The molecule has 1 aromatic rings. The molecule has 1 aromatic carbocycles. The first-order chi connectivity index (χ1) is 9.70. The Balaban J connectivity index is 1.80. The Morgan fingerprint density at radius 3 is 2.95 bits per heavy atom. The second kappa shape index (κ2) is 5.44. The average Bonchev–Trinajstić information content (AvgIpc) is 2.99. The number of likely N-dealkylation sites (tertiary alicyclic amines) is 1. The summed E-state index contributed by atoms with van der Waals surface area (Å²) in [5.41, 5.74) is 2.61. The van der Waals surface area contributed by atoms with E-state index in [2.05, 4.69) is 18.3 Å². The smallest absolute Gasteiger partial charge is 0.263 e. The molecule has 0 bridgehead atoms. The van der Waals surface area contributed by atoms with Gasteiger partial charge < -0.3 is 15.0 Å². The maximum Gasteiger partial charge on any atom is 0.263 e. The zero-order chi connectivity index (χ0) is 14.1. The summed E-state index contributed by atoms with van der Waals surface area (Å²) in [6.45, 7) is 3.89. The van der Waals surface area contributed by atoms with Gasteiger partial charge in [0.05, 0.1) is 0 Å². The van der Waals surface area contributed by atoms with Gasteiger partial charge >= 0.3 is 0 Å². The van der Waals surface area contributed by atoms with Crippen LogP contribution in [0.2, 0.25) is 0 Å². The molecule has 20 heavy (non-hydrogen) atoms. The van der Waals surface area contributed by atoms with Crippen LogP contribution < -0.4 is 10.1 Å². The summed E-state index contributed by atoms with van der Waals surface area (Å²) in [6.07, 6.45) is 2.63. The molecular formula is C16H22N2O2. The van der Waals surface area contributed by atoms with Crippen molar-refractivity contribution < 1.29 is 9.53 Å². The summed E-state index contributed by atoms with van der Waals surface area (Å²) in [7, 11) is 1.84. The summed E-state index contributed by atoms with van der Waals surface area (Å²) in [6, 6.07) is 6.64. The van der Waals surface area contributed by atoms with Crippen molar-refractivity contribution in [3.05, 3.63) is 29.3 Å². The molecule has 3 rings (SSSR count). The van der Waals surface area contributed by atoms with Gasteiger partial charge in [0.1, 0.15) is 5.75 Å². The van der Waals surface area contributed by atoms with Crippen LogP contribution in [0.5, 0.6) is 5.75 Å². The van der Waals surface area contributed by atoms with Gasteiger partial charge in [-0.3, -0.25) is 4.79 Å². The number of carbonyl (C=O) groups is 1. The van der Waals surface area contributed by atoms with Crippen LogP contribution in [0.15, 0.2) is 18.2 Å². The number of rotatable bonds is 4. The van der Waals surface area contributed by atoms with Crippen molar-refractivity contribution in [1.29, 1.82) is 0 Å². The minimum atomic E-state index is -0.301. The third-order valence-corrected chi connectivity index (χ3v) is 4.33. The van der Waals surface area contributed by atoms with Gasteiger partial charge in [0.25, 0.3) is 5.91 Å². The molecule has 0 saturated carbocycles. The molecule has 1 fully saturated rings. The third kappa shape index (κ3) is 2.29. The minimum Gasteiger partial charge on any atom is -0.480 e. The number of hydrogen-bond acceptors (Lipinski definition) is 3. The lowest BCUT2D eigenvalue weighted by Crippen LogP contribution is -2.29. The Hall–Kier alpha value is -1.55. The van der Waals surface area contributed by atoms with E-state index in [1.807, 2.05) is 19.2 Å². The number of fused-ring (bicyclic) bond motifs is 1. The Morgan fingerprint density at radius 2 is 2.25 bits per heavy atom. The van der Waals surface area contributed by atoms with Gasteiger partial charge in [0, 0.05) is 26.1 Å². The number of carbonyl (C=O) groups excluding carboxylic acids is 1. The zero-order valence-electron chi connectivity index (χ0n) is 12.2. The van der Waals surface area contributed by atoms with Crippen LogP contribution in [0.1, 0.15) is 36.9 Å².